The molecule has 2 heterocycles. The lowest BCUT2D eigenvalue weighted by molar-refractivity contribution is -0.123. The van der Waals surface area contributed by atoms with E-state index >= 15 is 0 Å². The maximum absolute atomic E-state index is 12.3. The molecule has 2 amide bonds. The molecule has 0 atom stereocenters. The maximum atomic E-state index is 12.3. The van der Waals surface area contributed by atoms with Crippen LogP contribution in [0.15, 0.2) is 48.7 Å². The topological polar surface area (TPSA) is 71.5 Å². The Bertz CT molecular complexity index is 718. The summed E-state index contributed by atoms with van der Waals surface area (Å²) in [5, 5.41) is 2.84. The average Bonchev–Trinajstić information content (AvgIpc) is 2.75. The number of carbonyl (C=O) groups is 2. The van der Waals surface area contributed by atoms with Crippen LogP contribution in [-0.4, -0.2) is 36.5 Å². The smallest absolute Gasteiger partial charge is 0.240 e. The van der Waals surface area contributed by atoms with Crippen LogP contribution in [-0.2, 0) is 16.0 Å². The van der Waals surface area contributed by atoms with E-state index < -0.39 is 0 Å². The van der Waals surface area contributed by atoms with Crippen molar-refractivity contribution < 1.29 is 14.3 Å². The first-order valence-electron chi connectivity index (χ1n) is 7.93. The highest BCUT2D eigenvalue weighted by Gasteiger charge is 2.24. The SMILES string of the molecule is O=C(CN1C(=O)CCOc2ccccc21)NCCc1ccccn1. The van der Waals surface area contributed by atoms with Crippen LogP contribution in [0.3, 0.4) is 0 Å². The molecule has 6 heteroatoms. The minimum absolute atomic E-state index is 0.0125. The van der Waals surface area contributed by atoms with Gasteiger partial charge in [0.25, 0.3) is 0 Å². The van der Waals surface area contributed by atoms with Gasteiger partial charge < -0.3 is 10.1 Å². The monoisotopic (exact) mass is 325 g/mol. The second kappa shape index (κ2) is 7.59. The molecule has 1 aliphatic heterocycles. The number of hydrogen-bond acceptors (Lipinski definition) is 4. The Morgan fingerprint density at radius 2 is 2.04 bits per heavy atom. The van der Waals surface area contributed by atoms with Crippen LogP contribution in [0.1, 0.15) is 12.1 Å². The first-order valence-corrected chi connectivity index (χ1v) is 7.93. The molecule has 0 radical (unpaired) electrons. The maximum Gasteiger partial charge on any atom is 0.240 e. The molecule has 0 unspecified atom stereocenters. The number of aromatic nitrogens is 1. The summed E-state index contributed by atoms with van der Waals surface area (Å²) >= 11 is 0. The summed E-state index contributed by atoms with van der Waals surface area (Å²) in [5.74, 6) is 0.320. The summed E-state index contributed by atoms with van der Waals surface area (Å²) in [6, 6.07) is 13.0. The van der Waals surface area contributed by atoms with E-state index in [1.807, 2.05) is 30.3 Å². The van der Waals surface area contributed by atoms with Crippen LogP contribution in [0, 0.1) is 0 Å². The summed E-state index contributed by atoms with van der Waals surface area (Å²) in [6.45, 7) is 0.797. The Morgan fingerprint density at radius 3 is 2.88 bits per heavy atom. The minimum atomic E-state index is -0.198. The van der Waals surface area contributed by atoms with Gasteiger partial charge in [0.05, 0.1) is 18.7 Å². The van der Waals surface area contributed by atoms with Gasteiger partial charge >= 0.3 is 0 Å². The molecule has 124 valence electrons. The average molecular weight is 325 g/mol. The van der Waals surface area contributed by atoms with Crippen LogP contribution >= 0.6 is 0 Å². The summed E-state index contributed by atoms with van der Waals surface area (Å²) < 4.78 is 5.57. The highest BCUT2D eigenvalue weighted by molar-refractivity contribution is 6.00. The highest BCUT2D eigenvalue weighted by Crippen LogP contribution is 2.30. The quantitative estimate of drug-likeness (QED) is 0.905. The molecule has 1 N–H and O–H groups in total. The van der Waals surface area contributed by atoms with Gasteiger partial charge in [-0.3, -0.25) is 19.5 Å². The normalized spacial score (nSPS) is 13.7. The number of rotatable bonds is 5. The van der Waals surface area contributed by atoms with E-state index in [-0.39, 0.29) is 24.8 Å². The number of benzene rings is 1. The molecule has 0 spiro atoms. The standard InChI is InChI=1S/C18H19N3O3/c22-17(20-11-8-14-5-3-4-10-19-14)13-21-15-6-1-2-7-16(15)24-12-9-18(21)23/h1-7,10H,8-9,11-13H2,(H,20,22). The number of ether oxygens (including phenoxy) is 1. The van der Waals surface area contributed by atoms with Gasteiger partial charge in [0.1, 0.15) is 12.3 Å². The zero-order valence-corrected chi connectivity index (χ0v) is 13.3. The molecule has 0 bridgehead atoms. The van der Waals surface area contributed by atoms with Crippen LogP contribution in [0.4, 0.5) is 5.69 Å². The molecule has 0 fully saturated rings. The second-order valence-electron chi connectivity index (χ2n) is 5.47. The van der Waals surface area contributed by atoms with E-state index in [1.165, 1.54) is 4.90 Å². The van der Waals surface area contributed by atoms with Gasteiger partial charge in [-0.2, -0.15) is 0 Å². The van der Waals surface area contributed by atoms with Gasteiger partial charge in [0.15, 0.2) is 0 Å². The predicted molar refractivity (Wildman–Crippen MR) is 89.9 cm³/mol. The molecule has 0 saturated carbocycles. The predicted octanol–water partition coefficient (Wildman–Crippen LogP) is 1.56. The van der Waals surface area contributed by atoms with Gasteiger partial charge in [-0.15, -0.1) is 0 Å². The molecule has 0 saturated heterocycles. The van der Waals surface area contributed by atoms with Crippen molar-refractivity contribution in [3.05, 3.63) is 54.4 Å². The number of para-hydroxylation sites is 2. The van der Waals surface area contributed by atoms with E-state index in [4.69, 9.17) is 4.74 Å². The molecule has 1 aliphatic rings. The number of amides is 2. The first kappa shape index (κ1) is 16.0. The third kappa shape index (κ3) is 3.90. The van der Waals surface area contributed by atoms with Crippen LogP contribution in [0.2, 0.25) is 0 Å². The number of nitrogens with one attached hydrogen (secondary N) is 1. The lowest BCUT2D eigenvalue weighted by Crippen LogP contribution is -2.41. The first-order chi connectivity index (χ1) is 11.7. The van der Waals surface area contributed by atoms with Crippen molar-refractivity contribution >= 4 is 17.5 Å². The number of hydrogen-bond donors (Lipinski definition) is 1. The van der Waals surface area contributed by atoms with Crippen molar-refractivity contribution in [2.45, 2.75) is 12.8 Å². The second-order valence-corrected chi connectivity index (χ2v) is 5.47. The number of carbonyl (C=O) groups excluding carboxylic acids is 2. The fourth-order valence-electron chi connectivity index (χ4n) is 2.57. The number of fused-ring (bicyclic) bond motifs is 1. The van der Waals surface area contributed by atoms with Gasteiger partial charge in [0.2, 0.25) is 11.8 Å². The van der Waals surface area contributed by atoms with Crippen molar-refractivity contribution in [2.75, 3.05) is 24.6 Å². The van der Waals surface area contributed by atoms with Gasteiger partial charge in [-0.05, 0) is 24.3 Å². The Kier molecular flexibility index (Phi) is 5.05. The van der Waals surface area contributed by atoms with Gasteiger partial charge in [0, 0.05) is 24.9 Å². The van der Waals surface area contributed by atoms with Crippen LogP contribution in [0.25, 0.3) is 0 Å². The Labute approximate surface area is 140 Å². The van der Waals surface area contributed by atoms with Crippen molar-refractivity contribution in [2.24, 2.45) is 0 Å². The third-order valence-corrected chi connectivity index (χ3v) is 3.76. The van der Waals surface area contributed by atoms with Crippen molar-refractivity contribution in [1.82, 2.24) is 10.3 Å². The molecule has 24 heavy (non-hydrogen) atoms. The van der Waals surface area contributed by atoms with Gasteiger partial charge in [-0.1, -0.05) is 18.2 Å². The molecule has 6 nitrogen and oxygen atoms in total. The summed E-state index contributed by atoms with van der Waals surface area (Å²) in [5.41, 5.74) is 1.56. The van der Waals surface area contributed by atoms with E-state index in [0.717, 1.165) is 5.69 Å². The number of nitrogens with zero attached hydrogens (tertiary/aromatic N) is 2. The van der Waals surface area contributed by atoms with Crippen molar-refractivity contribution in [1.29, 1.82) is 0 Å². The Hall–Kier alpha value is -2.89. The zero-order valence-electron chi connectivity index (χ0n) is 13.3. The minimum Gasteiger partial charge on any atom is -0.491 e. The molecular formula is C18H19N3O3. The third-order valence-electron chi connectivity index (χ3n) is 3.76. The van der Waals surface area contributed by atoms with E-state index in [2.05, 4.69) is 10.3 Å². The fraction of sp³-hybridized carbons (Fsp3) is 0.278. The summed E-state index contributed by atoms with van der Waals surface area (Å²) in [6.07, 6.45) is 2.64. The zero-order chi connectivity index (χ0) is 16.8. The Balaban J connectivity index is 1.59. The summed E-state index contributed by atoms with van der Waals surface area (Å²) in [7, 11) is 0. The lowest BCUT2D eigenvalue weighted by Gasteiger charge is -2.21. The van der Waals surface area contributed by atoms with Crippen LogP contribution < -0.4 is 15.0 Å². The molecule has 2 aromatic rings. The van der Waals surface area contributed by atoms with E-state index in [1.54, 1.807) is 18.3 Å². The van der Waals surface area contributed by atoms with E-state index in [9.17, 15) is 9.59 Å². The highest BCUT2D eigenvalue weighted by atomic mass is 16.5. The Morgan fingerprint density at radius 1 is 1.21 bits per heavy atom. The summed E-state index contributed by atoms with van der Waals surface area (Å²) in [4.78, 5) is 30.2. The number of pyridine rings is 1. The molecule has 1 aromatic carbocycles. The van der Waals surface area contributed by atoms with E-state index in [0.29, 0.717) is 31.0 Å². The molecule has 3 rings (SSSR count). The largest absolute Gasteiger partial charge is 0.491 e. The van der Waals surface area contributed by atoms with Gasteiger partial charge in [-0.25, -0.2) is 0 Å². The van der Waals surface area contributed by atoms with Crippen molar-refractivity contribution in [3.63, 3.8) is 0 Å². The van der Waals surface area contributed by atoms with Crippen LogP contribution in [0.5, 0.6) is 5.75 Å². The fourth-order valence-corrected chi connectivity index (χ4v) is 2.57. The molecule has 0 aliphatic carbocycles. The molecular weight excluding hydrogens is 306 g/mol. The molecule has 1 aromatic heterocycles. The lowest BCUT2D eigenvalue weighted by atomic mass is 10.2. The number of anilines is 1. The van der Waals surface area contributed by atoms with Crippen molar-refractivity contribution in [3.8, 4) is 5.75 Å².